The number of carbonyl (C=O) groups is 7. The Balaban J connectivity index is 0.000000356. The van der Waals surface area contributed by atoms with E-state index in [1.54, 1.807) is 0 Å². The summed E-state index contributed by atoms with van der Waals surface area (Å²) in [5.74, 6) is 3.80. The van der Waals surface area contributed by atoms with Gasteiger partial charge in [0.05, 0.1) is 29.5 Å². The molecule has 0 aromatic heterocycles. The second-order valence-electron chi connectivity index (χ2n) is 29.2. The number of carbonyl (C=O) groups excluding carboxylic acids is 7. The molecule has 11 atom stereocenters. The fraction of sp³-hybridized carbons (Fsp3) is 0.833. The van der Waals surface area contributed by atoms with Gasteiger partial charge in [-0.2, -0.15) is 0 Å². The number of ether oxygens (including phenoxy) is 3. The Labute approximate surface area is 567 Å². The topological polar surface area (TPSA) is 188 Å². The van der Waals surface area contributed by atoms with Crippen LogP contribution in [0.15, 0.2) is 36.5 Å². The number of unbranched alkanes of at least 4 members (excludes halogenated alkanes) is 15. The molecule has 5 fully saturated rings. The van der Waals surface area contributed by atoms with Gasteiger partial charge in [-0.25, -0.2) is 0 Å². The maximum absolute atomic E-state index is 12.6. The summed E-state index contributed by atoms with van der Waals surface area (Å²) in [5, 5.41) is 22.1. The van der Waals surface area contributed by atoms with Gasteiger partial charge in [-0.05, 0) is 199 Å². The Morgan fingerprint density at radius 2 is 0.835 bits per heavy atom. The number of ketones is 4. The Kier molecular flexibility index (Phi) is 42.4. The molecule has 13 heteroatoms. The van der Waals surface area contributed by atoms with E-state index in [1.807, 2.05) is 41.5 Å². The molecule has 5 saturated carbocycles. The molecule has 12 nitrogen and oxygen atoms in total. The van der Waals surface area contributed by atoms with Gasteiger partial charge in [-0.1, -0.05) is 170 Å². The number of esters is 3. The average molecular weight is 1390 g/mol. The number of rotatable bonds is 43. The lowest BCUT2D eigenvalue weighted by atomic mass is 9.69. The van der Waals surface area contributed by atoms with Crippen molar-refractivity contribution in [2.45, 2.75) is 355 Å². The van der Waals surface area contributed by atoms with Crippen molar-refractivity contribution in [2.75, 3.05) is 4.43 Å². The van der Waals surface area contributed by atoms with Gasteiger partial charge in [0, 0.05) is 73.5 Å². The summed E-state index contributed by atoms with van der Waals surface area (Å²) in [5.41, 5.74) is -1.08. The normalized spacial score (nSPS) is 26.4. The molecule has 5 aliphatic carbocycles. The zero-order valence-electron chi connectivity index (χ0n) is 58.9. The van der Waals surface area contributed by atoms with Gasteiger partial charge in [0.1, 0.15) is 23.1 Å². The molecule has 91 heavy (non-hydrogen) atoms. The molecule has 522 valence electrons. The van der Waals surface area contributed by atoms with Gasteiger partial charge < -0.3 is 24.4 Å². The van der Waals surface area contributed by atoms with Gasteiger partial charge in [0.2, 0.25) is 0 Å². The Bertz CT molecular complexity index is 2080. The Morgan fingerprint density at radius 3 is 1.21 bits per heavy atom. The molecule has 0 bridgehead atoms. The molecule has 0 aromatic rings. The second-order valence-corrected chi connectivity index (χ2v) is 30.1. The van der Waals surface area contributed by atoms with Crippen LogP contribution in [0.4, 0.5) is 0 Å². The van der Waals surface area contributed by atoms with Crippen molar-refractivity contribution in [1.82, 2.24) is 0 Å². The van der Waals surface area contributed by atoms with Gasteiger partial charge in [0.25, 0.3) is 0 Å². The van der Waals surface area contributed by atoms with Gasteiger partial charge in [-0.15, -0.1) is 0 Å². The molecule has 3 unspecified atom stereocenters. The minimum Gasteiger partial charge on any atom is -0.463 e. The van der Waals surface area contributed by atoms with E-state index in [9.17, 15) is 43.8 Å². The highest BCUT2D eigenvalue weighted by Gasteiger charge is 2.50. The van der Waals surface area contributed by atoms with Crippen LogP contribution in [0, 0.1) is 53.3 Å². The fourth-order valence-corrected chi connectivity index (χ4v) is 16.3. The van der Waals surface area contributed by atoms with E-state index in [1.165, 1.54) is 70.6 Å². The molecule has 0 saturated heterocycles. The van der Waals surface area contributed by atoms with Crippen LogP contribution in [0.5, 0.6) is 0 Å². The quantitative estimate of drug-likeness (QED) is 0.0147. The van der Waals surface area contributed by atoms with Crippen molar-refractivity contribution in [3.8, 4) is 0 Å². The van der Waals surface area contributed by atoms with Crippen LogP contribution < -0.4 is 0 Å². The first-order valence-electron chi connectivity index (χ1n) is 37.2. The van der Waals surface area contributed by atoms with Crippen molar-refractivity contribution < 1.29 is 58.0 Å². The molecule has 0 radical (unpaired) electrons. The summed E-state index contributed by atoms with van der Waals surface area (Å²) < 4.78 is 16.4. The third-order valence-electron chi connectivity index (χ3n) is 20.2. The van der Waals surface area contributed by atoms with Crippen molar-refractivity contribution in [2.24, 2.45) is 53.3 Å². The lowest BCUT2D eigenvalue weighted by molar-refractivity contribution is -0.148. The Hall–Kier alpha value is -3.04. The standard InChI is InChI=1S/C26H43IO4.2C26H44O4/c1-4-5-6-7-10-13-22(28)16-17-23-21(19-27)18-25(29)24(23)14-11-8-9-12-15-26(30)31-20(2)3;2*1-4-5-6-9-12-16-26(29)17-15-22-21(19-26)18-24(27)23(22)13-10-7-8-11-14-25(28)30-20(2)3/h8,11,20-21,23-24H,4-7,9-10,12-19H2,1-3H3;2*7,10,20-23,29H,4-6,8-9,11-19H2,1-3H3/b11-8-;;/t21-,23-,24?;21-,22-,23?,26+;21-,22-,23?,26-/m000/s1. The van der Waals surface area contributed by atoms with Gasteiger partial charge >= 0.3 is 17.9 Å². The fourth-order valence-electron chi connectivity index (χ4n) is 15.4. The van der Waals surface area contributed by atoms with E-state index in [4.69, 9.17) is 14.2 Å². The first-order chi connectivity index (χ1) is 43.6. The van der Waals surface area contributed by atoms with Crippen LogP contribution in [0.25, 0.3) is 0 Å². The van der Waals surface area contributed by atoms with Crippen LogP contribution in [-0.4, -0.2) is 85.2 Å². The maximum Gasteiger partial charge on any atom is 0.306 e. The maximum atomic E-state index is 12.6. The largest absolute Gasteiger partial charge is 0.463 e. The van der Waals surface area contributed by atoms with Crippen molar-refractivity contribution in [1.29, 1.82) is 0 Å². The van der Waals surface area contributed by atoms with Crippen molar-refractivity contribution in [3.05, 3.63) is 36.5 Å². The molecular weight excluding hydrogens is 1260 g/mol. The molecule has 0 aromatic carbocycles. The van der Waals surface area contributed by atoms with Crippen molar-refractivity contribution >= 4 is 63.6 Å². The SMILES string of the molecule is CCCCCCCC(=O)CC[C@@H]1C(C/C=C\CCCC(=O)OC(C)C)C(=O)C[C@H]1CI.CCCCCCC[C@@]1(O)CC[C@@H]2C(CC=CCCCC(=O)OC(C)C)C(=O)C[C@H]2C1.CCCCCCC[C@]1(O)CC[C@@H]2C(CC=CCCCC(=O)OC(C)C)C(=O)C[C@H]2C1. The Morgan fingerprint density at radius 1 is 0.473 bits per heavy atom. The number of fused-ring (bicyclic) bond motifs is 2. The minimum atomic E-state index is -0.539. The number of hydrogen-bond donors (Lipinski definition) is 2. The predicted molar refractivity (Wildman–Crippen MR) is 378 cm³/mol. The molecule has 0 amide bonds. The van der Waals surface area contributed by atoms with Crippen LogP contribution >= 0.6 is 22.6 Å². The monoisotopic (exact) mass is 1390 g/mol. The number of alkyl halides is 1. The second kappa shape index (κ2) is 47.0. The number of Topliss-reactive ketones (excluding diaryl/α,β-unsaturated/α-hetero) is 4. The minimum absolute atomic E-state index is 0.0522. The lowest BCUT2D eigenvalue weighted by Crippen LogP contribution is -2.38. The van der Waals surface area contributed by atoms with E-state index in [2.05, 4.69) is 79.8 Å². The summed E-state index contributed by atoms with van der Waals surface area (Å²) >= 11 is 2.39. The zero-order chi connectivity index (χ0) is 67.0. The average Bonchev–Trinajstić information content (AvgIpc) is 1.70. The molecule has 0 aliphatic heterocycles. The summed E-state index contributed by atoms with van der Waals surface area (Å²) in [7, 11) is 0. The smallest absolute Gasteiger partial charge is 0.306 e. The molecule has 2 N–H and O–H groups in total. The van der Waals surface area contributed by atoms with Crippen LogP contribution in [0.3, 0.4) is 0 Å². The number of hydrogen-bond acceptors (Lipinski definition) is 12. The van der Waals surface area contributed by atoms with Crippen LogP contribution in [0.1, 0.15) is 326 Å². The number of allylic oxidation sites excluding steroid dienone is 6. The van der Waals surface area contributed by atoms with Crippen molar-refractivity contribution in [3.63, 3.8) is 0 Å². The molecular formula is C78H131IO12. The highest BCUT2D eigenvalue weighted by atomic mass is 127. The van der Waals surface area contributed by atoms with E-state index in [0.717, 1.165) is 146 Å². The first kappa shape index (κ1) is 82.2. The predicted octanol–water partition coefficient (Wildman–Crippen LogP) is 19.3. The van der Waals surface area contributed by atoms with E-state index >= 15 is 0 Å². The highest BCUT2D eigenvalue weighted by Crippen LogP contribution is 2.51. The highest BCUT2D eigenvalue weighted by molar-refractivity contribution is 14.1. The van der Waals surface area contributed by atoms with E-state index < -0.39 is 11.2 Å². The van der Waals surface area contributed by atoms with E-state index in [-0.39, 0.29) is 54.0 Å². The number of aliphatic hydroxyl groups is 2. The lowest BCUT2D eigenvalue weighted by Gasteiger charge is -2.40. The summed E-state index contributed by atoms with van der Waals surface area (Å²) in [4.78, 5) is 84.8. The van der Waals surface area contributed by atoms with E-state index in [0.29, 0.717) is 110 Å². The zero-order valence-corrected chi connectivity index (χ0v) is 61.1. The van der Waals surface area contributed by atoms with Gasteiger partial charge in [0.15, 0.2) is 0 Å². The third kappa shape index (κ3) is 34.0. The summed E-state index contributed by atoms with van der Waals surface area (Å²) in [6.07, 6.45) is 50.5. The molecule has 0 spiro atoms. The molecule has 0 heterocycles. The van der Waals surface area contributed by atoms with Crippen LogP contribution in [0.2, 0.25) is 0 Å². The third-order valence-corrected chi connectivity index (χ3v) is 21.3. The molecule has 5 aliphatic rings. The summed E-state index contributed by atoms with van der Waals surface area (Å²) in [6, 6.07) is 0. The molecule has 5 rings (SSSR count). The van der Waals surface area contributed by atoms with Gasteiger partial charge in [-0.3, -0.25) is 33.6 Å². The van der Waals surface area contributed by atoms with Crippen LogP contribution in [-0.2, 0) is 47.8 Å². The summed E-state index contributed by atoms with van der Waals surface area (Å²) in [6.45, 7) is 17.8. The number of halogens is 1. The first-order valence-corrected chi connectivity index (χ1v) is 38.7.